The van der Waals surface area contributed by atoms with Gasteiger partial charge in [0.15, 0.2) is 0 Å². The van der Waals surface area contributed by atoms with Gasteiger partial charge in [0.25, 0.3) is 0 Å². The number of pyridine rings is 1. The van der Waals surface area contributed by atoms with Gasteiger partial charge < -0.3 is 15.5 Å². The molecule has 4 N–H and O–H groups in total. The minimum atomic E-state index is -4.45. The molecule has 1 unspecified atom stereocenters. The highest BCUT2D eigenvalue weighted by atomic mass is 19.4. The molecule has 0 aliphatic carbocycles. The van der Waals surface area contributed by atoms with Gasteiger partial charge in [0.1, 0.15) is 11.6 Å². The third kappa shape index (κ3) is 3.51. The number of rotatable bonds is 3. The quantitative estimate of drug-likeness (QED) is 0.589. The van der Waals surface area contributed by atoms with Crippen LogP contribution in [0.4, 0.5) is 24.8 Å². The van der Waals surface area contributed by atoms with Crippen LogP contribution in [0.5, 0.6) is 0 Å². The van der Waals surface area contributed by atoms with Crippen molar-refractivity contribution in [3.63, 3.8) is 0 Å². The van der Waals surface area contributed by atoms with Crippen LogP contribution >= 0.6 is 0 Å². The summed E-state index contributed by atoms with van der Waals surface area (Å²) in [6.45, 7) is 2.99. The molecule has 2 heterocycles. The predicted octanol–water partition coefficient (Wildman–Crippen LogP) is 2.37. The molecule has 2 rings (SSSR count). The molecule has 1 saturated heterocycles. The normalized spacial score (nSPS) is 23.4. The average molecular weight is 290 g/mol. The van der Waals surface area contributed by atoms with E-state index in [2.05, 4.69) is 15.7 Å². The third-order valence-electron chi connectivity index (χ3n) is 3.17. The van der Waals surface area contributed by atoms with Crippen LogP contribution < -0.4 is 16.6 Å². The zero-order chi connectivity index (χ0) is 14.8. The Bertz CT molecular complexity index is 472. The molecule has 5 nitrogen and oxygen atoms in total. The van der Waals surface area contributed by atoms with E-state index in [1.807, 2.05) is 6.92 Å². The Kier molecular flexibility index (Phi) is 4.05. The second-order valence-electron chi connectivity index (χ2n) is 5.11. The number of halogens is 3. The summed E-state index contributed by atoms with van der Waals surface area (Å²) in [4.78, 5) is 4.00. The minimum Gasteiger partial charge on any atom is -0.379 e. The monoisotopic (exact) mass is 290 g/mol. The van der Waals surface area contributed by atoms with Gasteiger partial charge in [0, 0.05) is 6.61 Å². The van der Waals surface area contributed by atoms with Crippen LogP contribution in [0.15, 0.2) is 12.1 Å². The molecule has 0 spiro atoms. The van der Waals surface area contributed by atoms with Crippen molar-refractivity contribution in [2.45, 2.75) is 31.5 Å². The van der Waals surface area contributed by atoms with Crippen LogP contribution in [0.3, 0.4) is 0 Å². The largest absolute Gasteiger partial charge is 0.416 e. The first kappa shape index (κ1) is 14.9. The van der Waals surface area contributed by atoms with Gasteiger partial charge in [-0.2, -0.15) is 13.2 Å². The SMILES string of the molecule is CC1(Nc2cc(C(F)(F)F)cc(NN)n2)CCCOC1. The Labute approximate surface area is 114 Å². The maximum atomic E-state index is 12.8. The number of aromatic nitrogens is 1. The maximum absolute atomic E-state index is 12.8. The van der Waals surface area contributed by atoms with Crippen LogP contribution in [-0.2, 0) is 10.9 Å². The molecule has 0 aromatic carbocycles. The molecular formula is C12H17F3N4O. The maximum Gasteiger partial charge on any atom is 0.416 e. The first-order chi connectivity index (χ1) is 9.32. The number of nitrogens with zero attached hydrogens (tertiary/aromatic N) is 1. The average Bonchev–Trinajstić information content (AvgIpc) is 2.37. The highest BCUT2D eigenvalue weighted by molar-refractivity contribution is 5.50. The van der Waals surface area contributed by atoms with E-state index < -0.39 is 17.3 Å². The summed E-state index contributed by atoms with van der Waals surface area (Å²) in [5.74, 6) is 5.25. The molecule has 1 fully saturated rings. The summed E-state index contributed by atoms with van der Waals surface area (Å²) in [6.07, 6.45) is -2.80. The fraction of sp³-hybridized carbons (Fsp3) is 0.583. The summed E-state index contributed by atoms with van der Waals surface area (Å²) in [7, 11) is 0. The van der Waals surface area contributed by atoms with Crippen molar-refractivity contribution in [2.75, 3.05) is 24.0 Å². The van der Waals surface area contributed by atoms with E-state index in [1.165, 1.54) is 0 Å². The molecule has 1 aromatic rings. The van der Waals surface area contributed by atoms with Gasteiger partial charge in [-0.3, -0.25) is 0 Å². The lowest BCUT2D eigenvalue weighted by atomic mass is 9.95. The fourth-order valence-electron chi connectivity index (χ4n) is 2.17. The van der Waals surface area contributed by atoms with E-state index in [1.54, 1.807) is 0 Å². The lowest BCUT2D eigenvalue weighted by molar-refractivity contribution is -0.137. The molecule has 0 radical (unpaired) electrons. The van der Waals surface area contributed by atoms with Crippen molar-refractivity contribution in [3.8, 4) is 0 Å². The minimum absolute atomic E-state index is 0.0392. The van der Waals surface area contributed by atoms with E-state index in [0.717, 1.165) is 25.0 Å². The van der Waals surface area contributed by atoms with Gasteiger partial charge >= 0.3 is 6.18 Å². The number of nitrogen functional groups attached to an aromatic ring is 1. The van der Waals surface area contributed by atoms with Crippen LogP contribution in [-0.4, -0.2) is 23.7 Å². The van der Waals surface area contributed by atoms with Gasteiger partial charge in [-0.1, -0.05) is 0 Å². The van der Waals surface area contributed by atoms with Crippen LogP contribution in [0.1, 0.15) is 25.3 Å². The molecule has 1 aliphatic heterocycles. The highest BCUT2D eigenvalue weighted by Crippen LogP contribution is 2.33. The van der Waals surface area contributed by atoms with Crippen LogP contribution in [0.25, 0.3) is 0 Å². The van der Waals surface area contributed by atoms with E-state index >= 15 is 0 Å². The topological polar surface area (TPSA) is 72.2 Å². The van der Waals surface area contributed by atoms with Crippen LogP contribution in [0, 0.1) is 0 Å². The Morgan fingerprint density at radius 2 is 2.05 bits per heavy atom. The van der Waals surface area contributed by atoms with Crippen molar-refractivity contribution >= 4 is 11.6 Å². The molecule has 1 aromatic heterocycles. The van der Waals surface area contributed by atoms with Gasteiger partial charge in [0.2, 0.25) is 0 Å². The number of hydrogen-bond acceptors (Lipinski definition) is 5. The molecule has 112 valence electrons. The summed E-state index contributed by atoms with van der Waals surface area (Å²) in [5.41, 5.74) is 0.916. The zero-order valence-corrected chi connectivity index (χ0v) is 11.0. The second-order valence-corrected chi connectivity index (χ2v) is 5.11. The van der Waals surface area contributed by atoms with Crippen molar-refractivity contribution in [1.29, 1.82) is 0 Å². The Morgan fingerprint density at radius 3 is 2.60 bits per heavy atom. The molecular weight excluding hydrogens is 273 g/mol. The van der Waals surface area contributed by atoms with Crippen molar-refractivity contribution in [3.05, 3.63) is 17.7 Å². The Balaban J connectivity index is 2.26. The first-order valence-corrected chi connectivity index (χ1v) is 6.24. The molecule has 0 amide bonds. The van der Waals surface area contributed by atoms with Crippen LogP contribution in [0.2, 0.25) is 0 Å². The number of anilines is 2. The molecule has 0 bridgehead atoms. The number of ether oxygens (including phenoxy) is 1. The standard InChI is InChI=1S/C12H17F3N4O/c1-11(3-2-4-20-7-11)18-9-5-8(12(13,14)15)6-10(17-9)19-16/h5-6H,2-4,7,16H2,1H3,(H2,17,18,19). The van der Waals surface area contributed by atoms with Gasteiger partial charge in [-0.15, -0.1) is 0 Å². The van der Waals surface area contributed by atoms with Crippen molar-refractivity contribution in [2.24, 2.45) is 5.84 Å². The number of hydrazine groups is 1. The lowest BCUT2D eigenvalue weighted by Crippen LogP contribution is -2.43. The summed E-state index contributed by atoms with van der Waals surface area (Å²) >= 11 is 0. The molecule has 1 aliphatic rings. The Hall–Kier alpha value is -1.54. The number of nitrogens with one attached hydrogen (secondary N) is 2. The predicted molar refractivity (Wildman–Crippen MR) is 69.1 cm³/mol. The highest BCUT2D eigenvalue weighted by Gasteiger charge is 2.33. The fourth-order valence-corrected chi connectivity index (χ4v) is 2.17. The van der Waals surface area contributed by atoms with E-state index in [9.17, 15) is 13.2 Å². The first-order valence-electron chi connectivity index (χ1n) is 6.24. The number of nitrogens with two attached hydrogens (primary N) is 1. The lowest BCUT2D eigenvalue weighted by Gasteiger charge is -2.35. The molecule has 8 heteroatoms. The van der Waals surface area contributed by atoms with Crippen molar-refractivity contribution < 1.29 is 17.9 Å². The molecule has 20 heavy (non-hydrogen) atoms. The smallest absolute Gasteiger partial charge is 0.379 e. The Morgan fingerprint density at radius 1 is 1.35 bits per heavy atom. The zero-order valence-electron chi connectivity index (χ0n) is 11.0. The van der Waals surface area contributed by atoms with Crippen molar-refractivity contribution in [1.82, 2.24) is 4.98 Å². The van der Waals surface area contributed by atoms with Gasteiger partial charge in [0.05, 0.1) is 17.7 Å². The molecule has 0 saturated carbocycles. The van der Waals surface area contributed by atoms with E-state index in [4.69, 9.17) is 10.6 Å². The van der Waals surface area contributed by atoms with Gasteiger partial charge in [-0.05, 0) is 31.9 Å². The van der Waals surface area contributed by atoms with E-state index in [-0.39, 0.29) is 11.6 Å². The summed E-state index contributed by atoms with van der Waals surface area (Å²) < 4.78 is 43.8. The van der Waals surface area contributed by atoms with Gasteiger partial charge in [-0.25, -0.2) is 10.8 Å². The second kappa shape index (κ2) is 5.45. The summed E-state index contributed by atoms with van der Waals surface area (Å²) in [6, 6.07) is 1.84. The number of hydrogen-bond donors (Lipinski definition) is 3. The third-order valence-corrected chi connectivity index (χ3v) is 3.17. The van der Waals surface area contributed by atoms with E-state index in [0.29, 0.717) is 13.2 Å². The molecule has 1 atom stereocenters. The number of alkyl halides is 3. The summed E-state index contributed by atoms with van der Waals surface area (Å²) in [5, 5.41) is 3.01.